The molecule has 3 N–H and O–H groups in total. The molecule has 0 bridgehead atoms. The Morgan fingerprint density at radius 2 is 0.573 bits per heavy atom. The van der Waals surface area contributed by atoms with Gasteiger partial charge in [-0.15, -0.1) is 0 Å². The Balaban J connectivity index is 5.19. The van der Waals surface area contributed by atoms with Gasteiger partial charge < -0.3 is 33.8 Å². The van der Waals surface area contributed by atoms with Crippen LogP contribution in [0.5, 0.6) is 0 Å². The van der Waals surface area contributed by atoms with E-state index < -0.39 is 97.5 Å². The Morgan fingerprint density at radius 3 is 0.854 bits per heavy atom. The molecule has 528 valence electrons. The Morgan fingerprint density at radius 1 is 0.326 bits per heavy atom. The summed E-state index contributed by atoms with van der Waals surface area (Å²) >= 11 is 0. The largest absolute Gasteiger partial charge is 0.472 e. The van der Waals surface area contributed by atoms with Gasteiger partial charge in [0, 0.05) is 25.7 Å². The lowest BCUT2D eigenvalue weighted by molar-refractivity contribution is -0.161. The van der Waals surface area contributed by atoms with Crippen molar-refractivity contribution in [2.75, 3.05) is 39.6 Å². The molecule has 0 radical (unpaired) electrons. The van der Waals surface area contributed by atoms with Gasteiger partial charge in [0.15, 0.2) is 12.2 Å². The van der Waals surface area contributed by atoms with E-state index in [0.29, 0.717) is 31.6 Å². The summed E-state index contributed by atoms with van der Waals surface area (Å²) in [6, 6.07) is 0. The standard InChI is InChI=1S/C70H136O17P2/c1-7-10-12-14-16-18-19-20-21-22-23-24-25-26-27-29-35-42-48-54-69(74)86-65(58-81-68(73)53-47-41-34-31-30-32-39-45-51-63(6)9-3)60-84-88(76,77)82-56-64(71)57-83-89(78,79)85-61-66(87-70(75)55-49-43-37-36-38-44-50-62(4)5)59-80-67(72)52-46-40-33-28-17-15-13-11-8-2/h62-66,71H,7-61H2,1-6H3,(H,76,77)(H,78,79)/t63?,64-,65-,66-/m1/s1. The molecular weight excluding hydrogens is 1170 g/mol. The molecule has 19 heteroatoms. The summed E-state index contributed by atoms with van der Waals surface area (Å²) in [6.07, 6.45) is 47.4. The normalized spacial score (nSPS) is 14.4. The van der Waals surface area contributed by atoms with Crippen molar-refractivity contribution < 1.29 is 80.2 Å². The first-order valence-corrected chi connectivity index (χ1v) is 39.5. The predicted molar refractivity (Wildman–Crippen MR) is 358 cm³/mol. The summed E-state index contributed by atoms with van der Waals surface area (Å²) < 4.78 is 68.2. The Labute approximate surface area is 543 Å². The number of hydrogen-bond acceptors (Lipinski definition) is 15. The van der Waals surface area contributed by atoms with Crippen LogP contribution in [-0.4, -0.2) is 96.7 Å². The first kappa shape index (κ1) is 87.1. The molecule has 6 atom stereocenters. The highest BCUT2D eigenvalue weighted by atomic mass is 31.2. The van der Waals surface area contributed by atoms with Crippen molar-refractivity contribution in [3.05, 3.63) is 0 Å². The van der Waals surface area contributed by atoms with Gasteiger partial charge in [-0.3, -0.25) is 37.3 Å². The monoisotopic (exact) mass is 1310 g/mol. The van der Waals surface area contributed by atoms with Crippen LogP contribution in [0.4, 0.5) is 0 Å². The van der Waals surface area contributed by atoms with Crippen LogP contribution in [0.25, 0.3) is 0 Å². The molecule has 0 heterocycles. The second-order valence-electron chi connectivity index (χ2n) is 26.0. The minimum Gasteiger partial charge on any atom is -0.462 e. The van der Waals surface area contributed by atoms with Gasteiger partial charge in [0.2, 0.25) is 0 Å². The zero-order valence-electron chi connectivity index (χ0n) is 57.7. The average molecular weight is 1310 g/mol. The van der Waals surface area contributed by atoms with E-state index in [-0.39, 0.29) is 25.7 Å². The van der Waals surface area contributed by atoms with Gasteiger partial charge in [-0.2, -0.15) is 0 Å². The summed E-state index contributed by atoms with van der Waals surface area (Å²) in [4.78, 5) is 72.4. The van der Waals surface area contributed by atoms with Crippen LogP contribution < -0.4 is 0 Å². The first-order chi connectivity index (χ1) is 42.9. The van der Waals surface area contributed by atoms with Crippen molar-refractivity contribution in [2.45, 2.75) is 374 Å². The number of aliphatic hydroxyl groups excluding tert-OH is 1. The first-order valence-electron chi connectivity index (χ1n) is 36.5. The zero-order valence-corrected chi connectivity index (χ0v) is 59.5. The lowest BCUT2D eigenvalue weighted by atomic mass is 9.99. The van der Waals surface area contributed by atoms with E-state index in [9.17, 15) is 43.2 Å². The number of hydrogen-bond donors (Lipinski definition) is 3. The number of aliphatic hydroxyl groups is 1. The third-order valence-electron chi connectivity index (χ3n) is 16.6. The molecule has 0 aliphatic heterocycles. The van der Waals surface area contributed by atoms with Gasteiger partial charge in [-0.05, 0) is 37.5 Å². The second kappa shape index (κ2) is 62.2. The summed E-state index contributed by atoms with van der Waals surface area (Å²) in [5.74, 6) is -0.684. The highest BCUT2D eigenvalue weighted by molar-refractivity contribution is 7.47. The van der Waals surface area contributed by atoms with Crippen molar-refractivity contribution in [1.29, 1.82) is 0 Å². The number of carbonyl (C=O) groups is 4. The SMILES string of the molecule is CCCCCCCCCCCCCCCCCCCCCC(=O)O[C@H](COC(=O)CCCCCCCCCCC(C)CC)COP(=O)(O)OC[C@@H](O)COP(=O)(O)OC[C@@H](COC(=O)CCCCCCCCCCC)OC(=O)CCCCCCCCC(C)C. The van der Waals surface area contributed by atoms with Crippen molar-refractivity contribution in [2.24, 2.45) is 11.8 Å². The van der Waals surface area contributed by atoms with Crippen LogP contribution in [0.1, 0.15) is 356 Å². The van der Waals surface area contributed by atoms with Crippen molar-refractivity contribution >= 4 is 39.5 Å². The minimum absolute atomic E-state index is 0.102. The van der Waals surface area contributed by atoms with E-state index in [0.717, 1.165) is 95.8 Å². The molecule has 0 aromatic heterocycles. The summed E-state index contributed by atoms with van der Waals surface area (Å²) in [5, 5.41) is 10.6. The molecule has 0 fully saturated rings. The predicted octanol–water partition coefficient (Wildman–Crippen LogP) is 20.0. The molecule has 0 aromatic carbocycles. The molecule has 0 saturated carbocycles. The maximum absolute atomic E-state index is 13.0. The highest BCUT2D eigenvalue weighted by Crippen LogP contribution is 2.45. The zero-order chi connectivity index (χ0) is 65.7. The third-order valence-corrected chi connectivity index (χ3v) is 18.5. The van der Waals surface area contributed by atoms with Crippen LogP contribution >= 0.6 is 15.6 Å². The molecule has 0 aromatic rings. The average Bonchev–Trinajstić information content (AvgIpc) is 3.58. The maximum Gasteiger partial charge on any atom is 0.472 e. The molecule has 17 nitrogen and oxygen atoms in total. The molecule has 0 spiro atoms. The fraction of sp³-hybridized carbons (Fsp3) is 0.943. The van der Waals surface area contributed by atoms with E-state index in [1.807, 2.05) is 0 Å². The van der Waals surface area contributed by atoms with Gasteiger partial charge >= 0.3 is 39.5 Å². The molecule has 0 saturated heterocycles. The minimum atomic E-state index is -4.95. The van der Waals surface area contributed by atoms with Gasteiger partial charge in [0.05, 0.1) is 26.4 Å². The lowest BCUT2D eigenvalue weighted by Crippen LogP contribution is -2.30. The number of unbranched alkanes of at least 4 members (excludes halogenated alkanes) is 38. The molecule has 0 aliphatic rings. The van der Waals surface area contributed by atoms with Gasteiger partial charge in [-0.1, -0.05) is 305 Å². The van der Waals surface area contributed by atoms with E-state index in [4.69, 9.17) is 37.0 Å². The molecular formula is C70H136O17P2. The number of esters is 4. The molecule has 0 rings (SSSR count). The van der Waals surface area contributed by atoms with Crippen molar-refractivity contribution in [1.82, 2.24) is 0 Å². The number of phosphoric acid groups is 2. The Bertz CT molecular complexity index is 1740. The van der Waals surface area contributed by atoms with E-state index in [1.165, 1.54) is 173 Å². The second-order valence-corrected chi connectivity index (χ2v) is 28.9. The van der Waals surface area contributed by atoms with E-state index in [2.05, 4.69) is 41.5 Å². The van der Waals surface area contributed by atoms with Gasteiger partial charge in [0.25, 0.3) is 0 Å². The van der Waals surface area contributed by atoms with Crippen molar-refractivity contribution in [3.8, 4) is 0 Å². The fourth-order valence-electron chi connectivity index (χ4n) is 10.6. The third kappa shape index (κ3) is 63.2. The molecule has 0 amide bonds. The van der Waals surface area contributed by atoms with E-state index in [1.54, 1.807) is 0 Å². The van der Waals surface area contributed by atoms with E-state index >= 15 is 0 Å². The molecule has 3 unspecified atom stereocenters. The van der Waals surface area contributed by atoms with Crippen LogP contribution in [0.15, 0.2) is 0 Å². The summed E-state index contributed by atoms with van der Waals surface area (Å²) in [6.45, 7) is 9.44. The fourth-order valence-corrected chi connectivity index (χ4v) is 12.1. The number of phosphoric ester groups is 2. The Kier molecular flexibility index (Phi) is 60.8. The molecule has 0 aliphatic carbocycles. The van der Waals surface area contributed by atoms with Gasteiger partial charge in [-0.25, -0.2) is 9.13 Å². The molecule has 89 heavy (non-hydrogen) atoms. The topological polar surface area (TPSA) is 237 Å². The number of ether oxygens (including phenoxy) is 4. The lowest BCUT2D eigenvalue weighted by Gasteiger charge is -2.21. The number of rotatable bonds is 69. The Hall–Kier alpha value is -1.94. The summed E-state index contributed by atoms with van der Waals surface area (Å²) in [5.41, 5.74) is 0. The van der Waals surface area contributed by atoms with Gasteiger partial charge in [0.1, 0.15) is 19.3 Å². The van der Waals surface area contributed by atoms with Crippen LogP contribution in [0.3, 0.4) is 0 Å². The quantitative estimate of drug-likeness (QED) is 0.0222. The smallest absolute Gasteiger partial charge is 0.462 e. The maximum atomic E-state index is 13.0. The van der Waals surface area contributed by atoms with Crippen molar-refractivity contribution in [3.63, 3.8) is 0 Å². The summed E-state index contributed by atoms with van der Waals surface area (Å²) in [7, 11) is -9.90. The van der Waals surface area contributed by atoms with Crippen LogP contribution in [-0.2, 0) is 65.4 Å². The van der Waals surface area contributed by atoms with Crippen LogP contribution in [0.2, 0.25) is 0 Å². The highest BCUT2D eigenvalue weighted by Gasteiger charge is 2.30. The number of carbonyl (C=O) groups excluding carboxylic acids is 4. The van der Waals surface area contributed by atoms with Crippen LogP contribution in [0, 0.1) is 11.8 Å².